The van der Waals surface area contributed by atoms with E-state index in [1.165, 1.54) is 23.1 Å². The molecule has 0 spiro atoms. The SMILES string of the molecule is CN(CCCN)C(=O)COc1ccccc1C(F)(F)F. The van der Waals surface area contributed by atoms with Crippen molar-refractivity contribution >= 4 is 5.91 Å². The fourth-order valence-electron chi connectivity index (χ4n) is 1.53. The van der Waals surface area contributed by atoms with Crippen LogP contribution in [0.5, 0.6) is 5.75 Å². The number of ether oxygens (including phenoxy) is 1. The van der Waals surface area contributed by atoms with Crippen molar-refractivity contribution in [3.05, 3.63) is 29.8 Å². The number of hydrogen-bond donors (Lipinski definition) is 1. The second-order valence-electron chi connectivity index (χ2n) is 4.24. The zero-order chi connectivity index (χ0) is 15.2. The summed E-state index contributed by atoms with van der Waals surface area (Å²) >= 11 is 0. The molecule has 0 heterocycles. The Kier molecular flexibility index (Phi) is 5.82. The van der Waals surface area contributed by atoms with Crippen LogP contribution in [-0.2, 0) is 11.0 Å². The van der Waals surface area contributed by atoms with Gasteiger partial charge in [-0.2, -0.15) is 13.2 Å². The Morgan fingerprint density at radius 3 is 2.60 bits per heavy atom. The minimum absolute atomic E-state index is 0.347. The highest BCUT2D eigenvalue weighted by molar-refractivity contribution is 5.77. The van der Waals surface area contributed by atoms with E-state index in [0.29, 0.717) is 19.5 Å². The van der Waals surface area contributed by atoms with E-state index in [-0.39, 0.29) is 5.75 Å². The van der Waals surface area contributed by atoms with Crippen molar-refractivity contribution < 1.29 is 22.7 Å². The van der Waals surface area contributed by atoms with Crippen molar-refractivity contribution in [2.24, 2.45) is 5.73 Å². The Morgan fingerprint density at radius 1 is 1.35 bits per heavy atom. The van der Waals surface area contributed by atoms with Crippen LogP contribution in [0, 0.1) is 0 Å². The summed E-state index contributed by atoms with van der Waals surface area (Å²) < 4.78 is 43.1. The zero-order valence-electron chi connectivity index (χ0n) is 11.1. The fraction of sp³-hybridized carbons (Fsp3) is 0.462. The Bertz CT molecular complexity index is 449. The number of amides is 1. The topological polar surface area (TPSA) is 55.6 Å². The Morgan fingerprint density at radius 2 is 2.00 bits per heavy atom. The lowest BCUT2D eigenvalue weighted by Gasteiger charge is -2.18. The van der Waals surface area contributed by atoms with E-state index in [1.54, 1.807) is 7.05 Å². The average molecular weight is 290 g/mol. The number of alkyl halides is 3. The molecule has 0 aliphatic heterocycles. The Hall–Kier alpha value is -1.76. The van der Waals surface area contributed by atoms with Crippen LogP contribution < -0.4 is 10.5 Å². The molecule has 0 aromatic heterocycles. The second kappa shape index (κ2) is 7.14. The fourth-order valence-corrected chi connectivity index (χ4v) is 1.53. The quantitative estimate of drug-likeness (QED) is 0.870. The van der Waals surface area contributed by atoms with Gasteiger partial charge in [0.1, 0.15) is 5.75 Å². The second-order valence-corrected chi connectivity index (χ2v) is 4.24. The smallest absolute Gasteiger partial charge is 0.419 e. The maximum Gasteiger partial charge on any atom is 0.419 e. The minimum Gasteiger partial charge on any atom is -0.483 e. The van der Waals surface area contributed by atoms with Crippen LogP contribution in [0.2, 0.25) is 0 Å². The summed E-state index contributed by atoms with van der Waals surface area (Å²) in [6.45, 7) is 0.448. The molecule has 20 heavy (non-hydrogen) atoms. The lowest BCUT2D eigenvalue weighted by Crippen LogP contribution is -2.33. The number of halogens is 3. The standard InChI is InChI=1S/C13H17F3N2O2/c1-18(8-4-7-17)12(19)9-20-11-6-3-2-5-10(11)13(14,15)16/h2-3,5-6H,4,7-9,17H2,1H3. The predicted octanol–water partition coefficient (Wildman–Crippen LogP) is 1.89. The van der Waals surface area contributed by atoms with Crippen LogP contribution in [0.25, 0.3) is 0 Å². The molecule has 0 atom stereocenters. The van der Waals surface area contributed by atoms with E-state index in [0.717, 1.165) is 6.07 Å². The lowest BCUT2D eigenvalue weighted by atomic mass is 10.2. The number of benzene rings is 1. The van der Waals surface area contributed by atoms with E-state index in [4.69, 9.17) is 10.5 Å². The summed E-state index contributed by atoms with van der Waals surface area (Å²) in [4.78, 5) is 13.0. The molecule has 0 fully saturated rings. The van der Waals surface area contributed by atoms with E-state index in [2.05, 4.69) is 0 Å². The number of para-hydroxylation sites is 1. The predicted molar refractivity (Wildman–Crippen MR) is 68.2 cm³/mol. The molecule has 4 nitrogen and oxygen atoms in total. The van der Waals surface area contributed by atoms with Gasteiger partial charge >= 0.3 is 6.18 Å². The Balaban J connectivity index is 2.64. The van der Waals surface area contributed by atoms with Crippen LogP contribution in [0.4, 0.5) is 13.2 Å². The van der Waals surface area contributed by atoms with Crippen LogP contribution in [-0.4, -0.2) is 37.6 Å². The van der Waals surface area contributed by atoms with E-state index < -0.39 is 24.3 Å². The molecule has 0 bridgehead atoms. The first kappa shape index (κ1) is 16.3. The van der Waals surface area contributed by atoms with Crippen molar-refractivity contribution in [3.63, 3.8) is 0 Å². The summed E-state index contributed by atoms with van der Waals surface area (Å²) in [5.41, 5.74) is 4.42. The summed E-state index contributed by atoms with van der Waals surface area (Å²) in [7, 11) is 1.55. The van der Waals surface area contributed by atoms with Gasteiger partial charge in [-0.1, -0.05) is 12.1 Å². The molecule has 0 radical (unpaired) electrons. The van der Waals surface area contributed by atoms with Crippen molar-refractivity contribution in [2.75, 3.05) is 26.7 Å². The minimum atomic E-state index is -4.51. The van der Waals surface area contributed by atoms with E-state index >= 15 is 0 Å². The van der Waals surface area contributed by atoms with Crippen LogP contribution in [0.3, 0.4) is 0 Å². The van der Waals surface area contributed by atoms with Gasteiger partial charge in [0.2, 0.25) is 0 Å². The zero-order valence-corrected chi connectivity index (χ0v) is 11.1. The Labute approximate surface area is 115 Å². The molecule has 0 unspecified atom stereocenters. The molecule has 0 aliphatic rings. The van der Waals surface area contributed by atoms with Gasteiger partial charge in [0.25, 0.3) is 5.91 Å². The monoisotopic (exact) mass is 290 g/mol. The third-order valence-electron chi connectivity index (χ3n) is 2.67. The number of carbonyl (C=O) groups excluding carboxylic acids is 1. The summed E-state index contributed by atoms with van der Waals surface area (Å²) in [6, 6.07) is 4.80. The maximum absolute atomic E-state index is 12.7. The largest absolute Gasteiger partial charge is 0.483 e. The number of likely N-dealkylation sites (N-methyl/N-ethyl adjacent to an activating group) is 1. The van der Waals surface area contributed by atoms with Crippen molar-refractivity contribution in [1.82, 2.24) is 4.90 Å². The van der Waals surface area contributed by atoms with Gasteiger partial charge in [0.15, 0.2) is 6.61 Å². The third-order valence-corrected chi connectivity index (χ3v) is 2.67. The molecule has 112 valence electrons. The molecule has 1 aromatic rings. The number of hydrogen-bond acceptors (Lipinski definition) is 3. The van der Waals surface area contributed by atoms with Gasteiger partial charge in [-0.05, 0) is 25.1 Å². The number of nitrogens with zero attached hydrogens (tertiary/aromatic N) is 1. The molecule has 1 aromatic carbocycles. The molecular weight excluding hydrogens is 273 g/mol. The normalized spacial score (nSPS) is 11.2. The molecule has 0 aliphatic carbocycles. The van der Waals surface area contributed by atoms with Crippen LogP contribution in [0.15, 0.2) is 24.3 Å². The summed E-state index contributed by atoms with van der Waals surface area (Å²) in [6.07, 6.45) is -3.88. The molecular formula is C13H17F3N2O2. The highest BCUT2D eigenvalue weighted by Crippen LogP contribution is 2.35. The van der Waals surface area contributed by atoms with Gasteiger partial charge in [-0.15, -0.1) is 0 Å². The number of nitrogens with two attached hydrogens (primary N) is 1. The first-order valence-electron chi connectivity index (χ1n) is 6.09. The van der Waals surface area contributed by atoms with E-state index in [1.807, 2.05) is 0 Å². The summed E-state index contributed by atoms with van der Waals surface area (Å²) in [5, 5.41) is 0. The maximum atomic E-state index is 12.7. The van der Waals surface area contributed by atoms with Crippen LogP contribution in [0.1, 0.15) is 12.0 Å². The molecule has 2 N–H and O–H groups in total. The molecule has 7 heteroatoms. The van der Waals surface area contributed by atoms with Gasteiger partial charge in [-0.3, -0.25) is 4.79 Å². The number of carbonyl (C=O) groups is 1. The van der Waals surface area contributed by atoms with Crippen molar-refractivity contribution in [2.45, 2.75) is 12.6 Å². The van der Waals surface area contributed by atoms with Crippen LogP contribution >= 0.6 is 0 Å². The van der Waals surface area contributed by atoms with Gasteiger partial charge in [-0.25, -0.2) is 0 Å². The summed E-state index contributed by atoms with van der Waals surface area (Å²) in [5.74, 6) is -0.740. The average Bonchev–Trinajstić information content (AvgIpc) is 2.41. The first-order valence-corrected chi connectivity index (χ1v) is 6.09. The highest BCUT2D eigenvalue weighted by atomic mass is 19.4. The third kappa shape index (κ3) is 4.73. The van der Waals surface area contributed by atoms with Crippen molar-refractivity contribution in [1.29, 1.82) is 0 Å². The molecule has 0 saturated carbocycles. The molecule has 1 rings (SSSR count). The van der Waals surface area contributed by atoms with Gasteiger partial charge < -0.3 is 15.4 Å². The van der Waals surface area contributed by atoms with Crippen molar-refractivity contribution in [3.8, 4) is 5.75 Å². The van der Waals surface area contributed by atoms with E-state index in [9.17, 15) is 18.0 Å². The first-order chi connectivity index (χ1) is 9.36. The van der Waals surface area contributed by atoms with Gasteiger partial charge in [0, 0.05) is 13.6 Å². The number of rotatable bonds is 6. The lowest BCUT2D eigenvalue weighted by molar-refractivity contribution is -0.140. The highest BCUT2D eigenvalue weighted by Gasteiger charge is 2.34. The molecule has 1 amide bonds. The van der Waals surface area contributed by atoms with Gasteiger partial charge in [0.05, 0.1) is 5.56 Å². The molecule has 0 saturated heterocycles.